The van der Waals surface area contributed by atoms with Crippen LogP contribution in [0.2, 0.25) is 0 Å². The summed E-state index contributed by atoms with van der Waals surface area (Å²) in [6.07, 6.45) is 1.70. The Kier molecular flexibility index (Phi) is 3.29. The topological polar surface area (TPSA) is 24.9 Å². The van der Waals surface area contributed by atoms with Gasteiger partial charge in [0, 0.05) is 23.7 Å². The number of aromatic nitrogens is 1. The van der Waals surface area contributed by atoms with Crippen molar-refractivity contribution < 1.29 is 8.78 Å². The zero-order valence-corrected chi connectivity index (χ0v) is 10.6. The first-order chi connectivity index (χ1) is 9.75. The number of benzene rings is 2. The quantitative estimate of drug-likeness (QED) is 0.774. The number of para-hydroxylation sites is 1. The number of nitrogens with zero attached hydrogens (tertiary/aromatic N) is 1. The van der Waals surface area contributed by atoms with Crippen LogP contribution >= 0.6 is 0 Å². The molecule has 1 aromatic heterocycles. The Morgan fingerprint density at radius 3 is 2.65 bits per heavy atom. The second-order valence-corrected chi connectivity index (χ2v) is 4.45. The minimum absolute atomic E-state index is 0.208. The average molecular weight is 270 g/mol. The van der Waals surface area contributed by atoms with Gasteiger partial charge in [-0.25, -0.2) is 8.78 Å². The molecule has 0 fully saturated rings. The number of fused-ring (bicyclic) bond motifs is 1. The van der Waals surface area contributed by atoms with Crippen molar-refractivity contribution in [3.8, 4) is 0 Å². The molecule has 0 saturated heterocycles. The SMILES string of the molecule is Fc1cccc(CNc2cccc3cccnc23)c1F. The average Bonchev–Trinajstić information content (AvgIpc) is 2.49. The van der Waals surface area contributed by atoms with Crippen molar-refractivity contribution in [3.05, 3.63) is 71.9 Å². The molecule has 0 saturated carbocycles. The van der Waals surface area contributed by atoms with E-state index in [1.54, 1.807) is 12.3 Å². The van der Waals surface area contributed by atoms with Gasteiger partial charge in [-0.05, 0) is 18.2 Å². The standard InChI is InChI=1S/C16H12F2N2/c17-13-7-1-5-12(15(13)18)10-20-14-8-2-4-11-6-3-9-19-16(11)14/h1-9,20H,10H2. The lowest BCUT2D eigenvalue weighted by Gasteiger charge is -2.10. The van der Waals surface area contributed by atoms with Gasteiger partial charge in [-0.1, -0.05) is 30.3 Å². The van der Waals surface area contributed by atoms with Crippen LogP contribution in [0.5, 0.6) is 0 Å². The molecule has 0 atom stereocenters. The Balaban J connectivity index is 1.89. The summed E-state index contributed by atoms with van der Waals surface area (Å²) in [5.41, 5.74) is 1.90. The number of hydrogen-bond acceptors (Lipinski definition) is 2. The van der Waals surface area contributed by atoms with E-state index in [1.165, 1.54) is 6.07 Å². The van der Waals surface area contributed by atoms with E-state index in [0.717, 1.165) is 22.7 Å². The maximum atomic E-state index is 13.6. The summed E-state index contributed by atoms with van der Waals surface area (Å²) in [6.45, 7) is 0.208. The molecule has 0 aliphatic rings. The Hall–Kier alpha value is -2.49. The molecular formula is C16H12F2N2. The molecule has 0 amide bonds. The summed E-state index contributed by atoms with van der Waals surface area (Å²) in [7, 11) is 0. The van der Waals surface area contributed by atoms with Crippen LogP contribution in [0.4, 0.5) is 14.5 Å². The molecule has 0 aliphatic carbocycles. The van der Waals surface area contributed by atoms with Crippen molar-refractivity contribution in [3.63, 3.8) is 0 Å². The highest BCUT2D eigenvalue weighted by Gasteiger charge is 2.08. The van der Waals surface area contributed by atoms with E-state index in [-0.39, 0.29) is 12.1 Å². The smallest absolute Gasteiger partial charge is 0.163 e. The van der Waals surface area contributed by atoms with Crippen molar-refractivity contribution in [1.82, 2.24) is 4.98 Å². The molecule has 0 radical (unpaired) electrons. The maximum Gasteiger partial charge on any atom is 0.163 e. The minimum atomic E-state index is -0.833. The summed E-state index contributed by atoms with van der Waals surface area (Å²) in [4.78, 5) is 4.30. The summed E-state index contributed by atoms with van der Waals surface area (Å²) in [5.74, 6) is -1.64. The predicted octanol–water partition coefficient (Wildman–Crippen LogP) is 4.13. The second kappa shape index (κ2) is 5.25. The van der Waals surface area contributed by atoms with Crippen LogP contribution in [0.25, 0.3) is 10.9 Å². The minimum Gasteiger partial charge on any atom is -0.379 e. The van der Waals surface area contributed by atoms with E-state index < -0.39 is 11.6 Å². The summed E-state index contributed by atoms with van der Waals surface area (Å²) in [6, 6.07) is 13.7. The lowest BCUT2D eigenvalue weighted by atomic mass is 10.1. The van der Waals surface area contributed by atoms with Crippen molar-refractivity contribution in [2.75, 3.05) is 5.32 Å². The molecule has 0 aliphatic heterocycles. The van der Waals surface area contributed by atoms with Gasteiger partial charge < -0.3 is 5.32 Å². The van der Waals surface area contributed by atoms with Gasteiger partial charge in [0.2, 0.25) is 0 Å². The van der Waals surface area contributed by atoms with Gasteiger partial charge in [0.25, 0.3) is 0 Å². The van der Waals surface area contributed by atoms with Gasteiger partial charge >= 0.3 is 0 Å². The Bertz CT molecular complexity index is 751. The first-order valence-corrected chi connectivity index (χ1v) is 6.26. The summed E-state index contributed by atoms with van der Waals surface area (Å²) >= 11 is 0. The molecule has 0 bridgehead atoms. The van der Waals surface area contributed by atoms with E-state index in [2.05, 4.69) is 10.3 Å². The van der Waals surface area contributed by atoms with Crippen LogP contribution in [0.1, 0.15) is 5.56 Å². The first-order valence-electron chi connectivity index (χ1n) is 6.26. The lowest BCUT2D eigenvalue weighted by Crippen LogP contribution is -2.04. The van der Waals surface area contributed by atoms with Gasteiger partial charge in [0.05, 0.1) is 11.2 Å². The Morgan fingerprint density at radius 1 is 0.950 bits per heavy atom. The van der Waals surface area contributed by atoms with Crippen LogP contribution in [0.3, 0.4) is 0 Å². The number of rotatable bonds is 3. The number of halogens is 2. The normalized spacial score (nSPS) is 10.7. The van der Waals surface area contributed by atoms with Crippen molar-refractivity contribution in [2.24, 2.45) is 0 Å². The second-order valence-electron chi connectivity index (χ2n) is 4.45. The van der Waals surface area contributed by atoms with Crippen LogP contribution < -0.4 is 5.32 Å². The van der Waals surface area contributed by atoms with E-state index in [4.69, 9.17) is 0 Å². The van der Waals surface area contributed by atoms with Gasteiger partial charge in [-0.2, -0.15) is 0 Å². The molecule has 1 N–H and O–H groups in total. The third-order valence-electron chi connectivity index (χ3n) is 3.13. The molecule has 2 nitrogen and oxygen atoms in total. The third kappa shape index (κ3) is 2.32. The van der Waals surface area contributed by atoms with Crippen LogP contribution in [-0.4, -0.2) is 4.98 Å². The monoisotopic (exact) mass is 270 g/mol. The van der Waals surface area contributed by atoms with E-state index in [9.17, 15) is 8.78 Å². The molecule has 20 heavy (non-hydrogen) atoms. The molecule has 3 aromatic rings. The van der Waals surface area contributed by atoms with Crippen molar-refractivity contribution in [1.29, 1.82) is 0 Å². The van der Waals surface area contributed by atoms with Crippen molar-refractivity contribution in [2.45, 2.75) is 6.54 Å². The highest BCUT2D eigenvalue weighted by atomic mass is 19.2. The summed E-state index contributed by atoms with van der Waals surface area (Å²) < 4.78 is 26.7. The molecule has 3 rings (SSSR count). The van der Waals surface area contributed by atoms with Gasteiger partial charge in [0.15, 0.2) is 11.6 Å². The van der Waals surface area contributed by atoms with E-state index >= 15 is 0 Å². The Labute approximate surface area is 115 Å². The largest absolute Gasteiger partial charge is 0.379 e. The van der Waals surface area contributed by atoms with Crippen LogP contribution in [0.15, 0.2) is 54.7 Å². The molecule has 100 valence electrons. The molecule has 1 heterocycles. The fourth-order valence-corrected chi connectivity index (χ4v) is 2.12. The lowest BCUT2D eigenvalue weighted by molar-refractivity contribution is 0.500. The van der Waals surface area contributed by atoms with E-state index in [1.807, 2.05) is 30.3 Å². The van der Waals surface area contributed by atoms with E-state index in [0.29, 0.717) is 0 Å². The first kappa shape index (κ1) is 12.5. The molecule has 0 spiro atoms. The number of pyridine rings is 1. The molecule has 0 unspecified atom stereocenters. The molecule has 2 aromatic carbocycles. The molecular weight excluding hydrogens is 258 g/mol. The highest BCUT2D eigenvalue weighted by Crippen LogP contribution is 2.22. The zero-order chi connectivity index (χ0) is 13.9. The van der Waals surface area contributed by atoms with Crippen LogP contribution in [0, 0.1) is 11.6 Å². The summed E-state index contributed by atoms with van der Waals surface area (Å²) in [5, 5.41) is 4.10. The van der Waals surface area contributed by atoms with Gasteiger partial charge in [-0.3, -0.25) is 4.98 Å². The molecule has 4 heteroatoms. The number of hydrogen-bond donors (Lipinski definition) is 1. The predicted molar refractivity (Wildman–Crippen MR) is 75.4 cm³/mol. The number of nitrogens with one attached hydrogen (secondary N) is 1. The fourth-order valence-electron chi connectivity index (χ4n) is 2.12. The highest BCUT2D eigenvalue weighted by molar-refractivity contribution is 5.90. The number of anilines is 1. The fraction of sp³-hybridized carbons (Fsp3) is 0.0625. The maximum absolute atomic E-state index is 13.6. The van der Waals surface area contributed by atoms with Crippen molar-refractivity contribution >= 4 is 16.6 Å². The Morgan fingerprint density at radius 2 is 1.75 bits per heavy atom. The van der Waals surface area contributed by atoms with Gasteiger partial charge in [0.1, 0.15) is 0 Å². The third-order valence-corrected chi connectivity index (χ3v) is 3.13. The zero-order valence-electron chi connectivity index (χ0n) is 10.6. The van der Waals surface area contributed by atoms with Crippen LogP contribution in [-0.2, 0) is 6.54 Å². The van der Waals surface area contributed by atoms with Gasteiger partial charge in [-0.15, -0.1) is 0 Å².